The Bertz CT molecular complexity index is 1670. The van der Waals surface area contributed by atoms with Gasteiger partial charge in [-0.3, -0.25) is 0 Å². The van der Waals surface area contributed by atoms with Crippen molar-refractivity contribution >= 4 is 55.8 Å². The maximum absolute atomic E-state index is 10.7. The number of aromatic nitrogens is 3. The highest BCUT2D eigenvalue weighted by atomic mass is 32.2. The molecule has 0 aliphatic rings. The zero-order chi connectivity index (χ0) is 41.3. The summed E-state index contributed by atoms with van der Waals surface area (Å²) in [5.41, 5.74) is -13.4. The van der Waals surface area contributed by atoms with E-state index in [1.54, 1.807) is 0 Å². The molecule has 0 bridgehead atoms. The molecule has 3 aromatic heterocycles. The van der Waals surface area contributed by atoms with Crippen molar-refractivity contribution in [2.24, 2.45) is 0 Å². The normalized spacial score (nSPS) is 12.3. The fourth-order valence-corrected chi connectivity index (χ4v) is 4.67. The van der Waals surface area contributed by atoms with Gasteiger partial charge < -0.3 is 28.4 Å². The van der Waals surface area contributed by atoms with E-state index in [4.69, 9.17) is 38.9 Å². The van der Waals surface area contributed by atoms with Crippen LogP contribution in [0.2, 0.25) is 0 Å². The molecule has 296 valence electrons. The van der Waals surface area contributed by atoms with Crippen molar-refractivity contribution in [2.45, 2.75) is 16.5 Å². The molecule has 15 nitrogen and oxygen atoms in total. The van der Waals surface area contributed by atoms with Crippen LogP contribution in [-0.4, -0.2) is 97.7 Å². The zero-order valence-electron chi connectivity index (χ0n) is 27.4. The lowest BCUT2D eigenvalue weighted by molar-refractivity contribution is -0.732. The van der Waals surface area contributed by atoms with Crippen LogP contribution in [0.25, 0.3) is 0 Å². The minimum Gasteiger partial charge on any atom is -0.741 e. The zero-order valence-corrected chi connectivity index (χ0v) is 30.7. The van der Waals surface area contributed by atoms with E-state index < -0.39 is 55.3 Å². The van der Waals surface area contributed by atoms with E-state index in [9.17, 15) is 39.5 Å². The Hall–Kier alpha value is -3.62. The van der Waals surface area contributed by atoms with E-state index in [0.29, 0.717) is 0 Å². The van der Waals surface area contributed by atoms with E-state index in [1.165, 1.54) is 17.1 Å². The Morgan fingerprint density at radius 2 is 0.577 bits per heavy atom. The largest absolute Gasteiger partial charge is 0.816 e. The lowest BCUT2D eigenvalue weighted by Gasteiger charge is -2.11. The summed E-state index contributed by atoms with van der Waals surface area (Å²) in [6.07, 6.45) is 12.9. The van der Waals surface area contributed by atoms with Gasteiger partial charge in [0.25, 0.3) is 0 Å². The van der Waals surface area contributed by atoms with Crippen LogP contribution >= 0.6 is 8.37 Å². The molecular formula is C24H30F9N6O9PS3. The summed E-state index contributed by atoms with van der Waals surface area (Å²) in [4.78, 5) is 6.35. The van der Waals surface area contributed by atoms with Crippen LogP contribution in [0.3, 0.4) is 0 Å². The van der Waals surface area contributed by atoms with E-state index in [0.717, 1.165) is 0 Å². The SMILES string of the molecule is CN(C)c1cc[n+](P([n+]2ccc(N(C)C)cc2)[n+]2ccc(N(C)C)cc2)cc1.O=S(=O)([O-])C(F)(F)F.O=S(=O)([O-])C(F)(F)F.O=S(=O)([O-])C(F)(F)F. The van der Waals surface area contributed by atoms with E-state index in [2.05, 4.69) is 144 Å². The third-order valence-electron chi connectivity index (χ3n) is 5.41. The van der Waals surface area contributed by atoms with Crippen molar-refractivity contribution in [1.29, 1.82) is 0 Å². The quantitative estimate of drug-likeness (QED) is 0.152. The Morgan fingerprint density at radius 3 is 0.673 bits per heavy atom. The summed E-state index contributed by atoms with van der Waals surface area (Å²) >= 11 is 0. The third kappa shape index (κ3) is 16.0. The summed E-state index contributed by atoms with van der Waals surface area (Å²) in [6.45, 7) is 0. The first-order chi connectivity index (χ1) is 23.1. The topological polar surface area (TPSA) is 193 Å². The van der Waals surface area contributed by atoms with Gasteiger partial charge in [0, 0.05) is 95.7 Å². The smallest absolute Gasteiger partial charge is 0.741 e. The predicted octanol–water partition coefficient (Wildman–Crippen LogP) is 2.07. The van der Waals surface area contributed by atoms with Gasteiger partial charge in [0.05, 0.1) is 0 Å². The first kappa shape index (κ1) is 48.4. The van der Waals surface area contributed by atoms with Crippen molar-refractivity contribution < 1.29 is 91.4 Å². The average molecular weight is 845 g/mol. The second-order valence-corrected chi connectivity index (χ2v) is 16.0. The summed E-state index contributed by atoms with van der Waals surface area (Å²) < 4.78 is 184. The van der Waals surface area contributed by atoms with Gasteiger partial charge in [-0.1, -0.05) is 13.0 Å². The number of anilines is 3. The van der Waals surface area contributed by atoms with Crippen LogP contribution < -0.4 is 27.7 Å². The van der Waals surface area contributed by atoms with Crippen LogP contribution in [0.4, 0.5) is 56.6 Å². The maximum atomic E-state index is 10.7. The minimum absolute atomic E-state index is 0.847. The molecule has 28 heteroatoms. The molecule has 0 fully saturated rings. The molecule has 0 atom stereocenters. The summed E-state index contributed by atoms with van der Waals surface area (Å²) in [7, 11) is -6.75. The highest BCUT2D eigenvalue weighted by molar-refractivity contribution is 7.87. The van der Waals surface area contributed by atoms with Gasteiger partial charge in [-0.15, -0.1) is 0 Å². The van der Waals surface area contributed by atoms with E-state index in [-0.39, 0.29) is 0 Å². The molecule has 0 spiro atoms. The second kappa shape index (κ2) is 18.4. The molecule has 0 aliphatic heterocycles. The number of pyridine rings is 3. The summed E-state index contributed by atoms with van der Waals surface area (Å²) in [5.74, 6) is 0. The van der Waals surface area contributed by atoms with Crippen molar-refractivity contribution in [3.63, 3.8) is 0 Å². The Kier molecular flexibility index (Phi) is 17.1. The first-order valence-corrected chi connectivity index (χ1v) is 18.5. The lowest BCUT2D eigenvalue weighted by atomic mass is 10.4. The molecule has 0 amide bonds. The summed E-state index contributed by atoms with van der Waals surface area (Å²) in [5, 5.41) is 0. The first-order valence-electron chi connectivity index (χ1n) is 13.0. The molecule has 0 saturated heterocycles. The van der Waals surface area contributed by atoms with Crippen molar-refractivity contribution in [3.8, 4) is 0 Å². The molecule has 0 aromatic carbocycles. The second-order valence-electron chi connectivity index (χ2n) is 9.96. The van der Waals surface area contributed by atoms with Gasteiger partial charge >= 0.3 is 24.9 Å². The third-order valence-corrected chi connectivity index (χ3v) is 9.15. The number of rotatable bonds is 6. The Balaban J connectivity index is 0.000000881. The molecule has 0 N–H and O–H groups in total. The molecule has 0 radical (unpaired) electrons. The van der Waals surface area contributed by atoms with Crippen LogP contribution in [-0.2, 0) is 30.4 Å². The Labute approximate surface area is 293 Å². The molecule has 3 heterocycles. The number of hydrogen-bond donors (Lipinski definition) is 0. The van der Waals surface area contributed by atoms with Crippen LogP contribution in [0.15, 0.2) is 73.6 Å². The van der Waals surface area contributed by atoms with Crippen molar-refractivity contribution in [1.82, 2.24) is 0 Å². The fraction of sp³-hybridized carbons (Fsp3) is 0.375. The monoisotopic (exact) mass is 844 g/mol. The van der Waals surface area contributed by atoms with Gasteiger partial charge in [-0.05, 0) is 0 Å². The molecule has 0 aliphatic carbocycles. The van der Waals surface area contributed by atoms with Gasteiger partial charge in [0.15, 0.2) is 67.5 Å². The van der Waals surface area contributed by atoms with Crippen LogP contribution in [0, 0.1) is 0 Å². The van der Waals surface area contributed by atoms with Gasteiger partial charge in [0.1, 0.15) is 0 Å². The number of alkyl halides is 9. The molecule has 3 rings (SSSR count). The van der Waals surface area contributed by atoms with Crippen LogP contribution in [0.5, 0.6) is 0 Å². The average Bonchev–Trinajstić information content (AvgIpc) is 2.96. The highest BCUT2D eigenvalue weighted by Gasteiger charge is 2.47. The predicted molar refractivity (Wildman–Crippen MR) is 163 cm³/mol. The number of nitrogens with zero attached hydrogens (tertiary/aromatic N) is 6. The van der Waals surface area contributed by atoms with Gasteiger partial charge in [-0.2, -0.15) is 39.5 Å². The molecular weight excluding hydrogens is 814 g/mol. The highest BCUT2D eigenvalue weighted by Crippen LogP contribution is 2.23. The van der Waals surface area contributed by atoms with E-state index >= 15 is 0 Å². The fourth-order valence-electron chi connectivity index (χ4n) is 2.84. The van der Waals surface area contributed by atoms with Crippen LogP contribution in [0.1, 0.15) is 0 Å². The molecule has 0 saturated carbocycles. The minimum atomic E-state index is -6.09. The Morgan fingerprint density at radius 1 is 0.442 bits per heavy atom. The standard InChI is InChI=1S/C21H30N6P.3CHF3O3S/c1-22(2)19-7-13-25(14-8-19)28(26-15-9-20(10-16-26)23(3)4)27-17-11-21(12-18-27)24(5)6;3*2-1(3,4)8(5,6)7/h7-18H,1-6H3;3*(H,5,6,7)/q+3;;;/p-3. The van der Waals surface area contributed by atoms with Crippen molar-refractivity contribution in [3.05, 3.63) is 73.6 Å². The van der Waals surface area contributed by atoms with Gasteiger partial charge in [0.2, 0.25) is 0 Å². The molecule has 52 heavy (non-hydrogen) atoms. The maximum Gasteiger partial charge on any atom is 0.816 e. The van der Waals surface area contributed by atoms with E-state index in [1.807, 2.05) is 0 Å². The van der Waals surface area contributed by atoms with Crippen molar-refractivity contribution in [2.75, 3.05) is 57.0 Å². The number of hydrogen-bond acceptors (Lipinski definition) is 12. The van der Waals surface area contributed by atoms with Gasteiger partial charge in [-0.25, -0.2) is 25.3 Å². The number of halogens is 9. The summed E-state index contributed by atoms with van der Waals surface area (Å²) in [6, 6.07) is 12.9. The lowest BCUT2D eigenvalue weighted by Crippen LogP contribution is -2.55. The molecule has 3 aromatic rings. The molecule has 0 unspecified atom stereocenters.